The Kier molecular flexibility index (Phi) is 3.70. The third kappa shape index (κ3) is 2.82. The van der Waals surface area contributed by atoms with Crippen LogP contribution in [0, 0.1) is 17.6 Å². The zero-order valence-corrected chi connectivity index (χ0v) is 11.2. The molecule has 20 heavy (non-hydrogen) atoms. The van der Waals surface area contributed by atoms with Crippen molar-refractivity contribution in [3.8, 4) is 0 Å². The Morgan fingerprint density at radius 3 is 2.95 bits per heavy atom. The van der Waals surface area contributed by atoms with Gasteiger partial charge in [-0.3, -0.25) is 4.79 Å². The molecule has 5 heteroatoms. The maximum atomic E-state index is 13.6. The molecule has 1 aromatic rings. The van der Waals surface area contributed by atoms with E-state index in [1.54, 1.807) is 0 Å². The molecule has 3 nitrogen and oxygen atoms in total. The molecule has 1 saturated heterocycles. The Labute approximate surface area is 116 Å². The number of nitrogens with one attached hydrogen (secondary N) is 2. The fourth-order valence-electron chi connectivity index (χ4n) is 2.91. The molecule has 3 atom stereocenters. The maximum absolute atomic E-state index is 13.6. The smallest absolute Gasteiger partial charge is 0.224 e. The van der Waals surface area contributed by atoms with Crippen LogP contribution >= 0.6 is 0 Å². The van der Waals surface area contributed by atoms with Crippen LogP contribution in [0.3, 0.4) is 0 Å². The second kappa shape index (κ2) is 5.48. The van der Waals surface area contributed by atoms with Crippen molar-refractivity contribution in [3.63, 3.8) is 0 Å². The van der Waals surface area contributed by atoms with Gasteiger partial charge in [-0.1, -0.05) is 0 Å². The van der Waals surface area contributed by atoms with E-state index in [0.29, 0.717) is 12.0 Å². The van der Waals surface area contributed by atoms with E-state index in [4.69, 9.17) is 0 Å². The van der Waals surface area contributed by atoms with E-state index in [-0.39, 0.29) is 23.8 Å². The van der Waals surface area contributed by atoms with Crippen molar-refractivity contribution in [1.29, 1.82) is 0 Å². The lowest BCUT2D eigenvalue weighted by atomic mass is 10.1. The zero-order chi connectivity index (χ0) is 14.1. The number of halogens is 2. The van der Waals surface area contributed by atoms with E-state index in [2.05, 4.69) is 10.6 Å². The standard InChI is InChI=1S/C15H18F2N2O/c16-9-3-4-14(17)12(6-9)11-7-13(11)15(20)19-10-2-1-5-18-8-10/h3-4,6,10-11,13,18H,1-2,5,7-8H2,(H,19,20)/t10-,11?,13?/m0/s1. The van der Waals surface area contributed by atoms with Crippen LogP contribution in [0.4, 0.5) is 8.78 Å². The van der Waals surface area contributed by atoms with Crippen molar-refractivity contribution < 1.29 is 13.6 Å². The summed E-state index contributed by atoms with van der Waals surface area (Å²) in [6.45, 7) is 1.78. The molecule has 1 heterocycles. The lowest BCUT2D eigenvalue weighted by molar-refractivity contribution is -0.123. The zero-order valence-electron chi connectivity index (χ0n) is 11.2. The van der Waals surface area contributed by atoms with Gasteiger partial charge >= 0.3 is 0 Å². The molecule has 0 bridgehead atoms. The molecule has 2 N–H and O–H groups in total. The second-order valence-electron chi connectivity index (χ2n) is 5.67. The molecule has 1 aromatic carbocycles. The SMILES string of the molecule is O=C(N[C@H]1CCCNC1)C1CC1c1cc(F)ccc1F. The number of rotatable bonds is 3. The number of amides is 1. The Hall–Kier alpha value is -1.49. The van der Waals surface area contributed by atoms with Crippen LogP contribution in [0.5, 0.6) is 0 Å². The van der Waals surface area contributed by atoms with Crippen LogP contribution in [-0.2, 0) is 4.79 Å². The first-order chi connectivity index (χ1) is 9.65. The number of carbonyl (C=O) groups excluding carboxylic acids is 1. The van der Waals surface area contributed by atoms with Crippen molar-refractivity contribution in [2.75, 3.05) is 13.1 Å². The van der Waals surface area contributed by atoms with Gasteiger partial charge in [-0.25, -0.2) is 8.78 Å². The van der Waals surface area contributed by atoms with Crippen LogP contribution in [0.25, 0.3) is 0 Å². The monoisotopic (exact) mass is 280 g/mol. The molecule has 1 saturated carbocycles. The Balaban J connectivity index is 1.60. The predicted octanol–water partition coefficient (Wildman–Crippen LogP) is 1.94. The first-order valence-electron chi connectivity index (χ1n) is 7.11. The molecule has 108 valence electrons. The van der Waals surface area contributed by atoms with Crippen LogP contribution in [0.15, 0.2) is 18.2 Å². The summed E-state index contributed by atoms with van der Waals surface area (Å²) >= 11 is 0. The highest BCUT2D eigenvalue weighted by Crippen LogP contribution is 2.48. The van der Waals surface area contributed by atoms with Crippen LogP contribution in [0.1, 0.15) is 30.7 Å². The fraction of sp³-hybridized carbons (Fsp3) is 0.533. The number of hydrogen-bond acceptors (Lipinski definition) is 2. The molecule has 0 aromatic heterocycles. The van der Waals surface area contributed by atoms with Crippen LogP contribution < -0.4 is 10.6 Å². The first-order valence-corrected chi connectivity index (χ1v) is 7.11. The van der Waals surface area contributed by atoms with Crippen molar-refractivity contribution in [2.45, 2.75) is 31.2 Å². The van der Waals surface area contributed by atoms with E-state index in [1.807, 2.05) is 0 Å². The van der Waals surface area contributed by atoms with Gasteiger partial charge in [-0.05, 0) is 55.5 Å². The molecule has 3 rings (SSSR count). The Morgan fingerprint density at radius 1 is 1.35 bits per heavy atom. The van der Waals surface area contributed by atoms with Gasteiger partial charge in [0, 0.05) is 18.5 Å². The van der Waals surface area contributed by atoms with Gasteiger partial charge in [-0.15, -0.1) is 0 Å². The first kappa shape index (κ1) is 13.5. The minimum Gasteiger partial charge on any atom is -0.352 e. The summed E-state index contributed by atoms with van der Waals surface area (Å²) < 4.78 is 26.8. The lowest BCUT2D eigenvalue weighted by Crippen LogP contribution is -2.46. The van der Waals surface area contributed by atoms with Gasteiger partial charge in [0.05, 0.1) is 0 Å². The van der Waals surface area contributed by atoms with Gasteiger partial charge in [-0.2, -0.15) is 0 Å². The summed E-state index contributed by atoms with van der Waals surface area (Å²) in [5.41, 5.74) is 0.326. The summed E-state index contributed by atoms with van der Waals surface area (Å²) in [6, 6.07) is 3.59. The van der Waals surface area contributed by atoms with Crippen molar-refractivity contribution in [1.82, 2.24) is 10.6 Å². The molecule has 0 spiro atoms. The number of benzene rings is 1. The van der Waals surface area contributed by atoms with E-state index in [0.717, 1.165) is 38.1 Å². The van der Waals surface area contributed by atoms with E-state index >= 15 is 0 Å². The molecular formula is C15H18F2N2O. The predicted molar refractivity (Wildman–Crippen MR) is 71.2 cm³/mol. The van der Waals surface area contributed by atoms with Gasteiger partial charge in [0.2, 0.25) is 5.91 Å². The Morgan fingerprint density at radius 2 is 2.20 bits per heavy atom. The molecule has 2 unspecified atom stereocenters. The van der Waals surface area contributed by atoms with Crippen molar-refractivity contribution in [2.24, 2.45) is 5.92 Å². The molecule has 1 amide bonds. The molecule has 0 radical (unpaired) electrons. The van der Waals surface area contributed by atoms with Crippen LogP contribution in [-0.4, -0.2) is 25.0 Å². The lowest BCUT2D eigenvalue weighted by Gasteiger charge is -2.23. The van der Waals surface area contributed by atoms with Gasteiger partial charge < -0.3 is 10.6 Å². The minimum absolute atomic E-state index is 0.0349. The normalized spacial score (nSPS) is 29.0. The van der Waals surface area contributed by atoms with Gasteiger partial charge in [0.1, 0.15) is 11.6 Å². The summed E-state index contributed by atoms with van der Waals surface area (Å²) in [5, 5.41) is 6.23. The molecule has 1 aliphatic carbocycles. The number of carbonyl (C=O) groups is 1. The molecule has 2 fully saturated rings. The summed E-state index contributed by atoms with van der Waals surface area (Å²) in [7, 11) is 0. The third-order valence-electron chi connectivity index (χ3n) is 4.13. The van der Waals surface area contributed by atoms with Gasteiger partial charge in [0.15, 0.2) is 0 Å². The quantitative estimate of drug-likeness (QED) is 0.888. The van der Waals surface area contributed by atoms with Crippen LogP contribution in [0.2, 0.25) is 0 Å². The molecule has 1 aliphatic heterocycles. The summed E-state index contributed by atoms with van der Waals surface area (Å²) in [5.74, 6) is -1.31. The van der Waals surface area contributed by atoms with Crippen molar-refractivity contribution >= 4 is 5.91 Å². The van der Waals surface area contributed by atoms with E-state index < -0.39 is 11.6 Å². The average molecular weight is 280 g/mol. The number of piperidine rings is 1. The van der Waals surface area contributed by atoms with E-state index in [9.17, 15) is 13.6 Å². The van der Waals surface area contributed by atoms with Crippen molar-refractivity contribution in [3.05, 3.63) is 35.4 Å². The number of hydrogen-bond donors (Lipinski definition) is 2. The second-order valence-corrected chi connectivity index (χ2v) is 5.67. The minimum atomic E-state index is -0.455. The third-order valence-corrected chi connectivity index (χ3v) is 4.13. The fourth-order valence-corrected chi connectivity index (χ4v) is 2.91. The average Bonchev–Trinajstić information content (AvgIpc) is 3.23. The summed E-state index contributed by atoms with van der Waals surface area (Å²) in [4.78, 5) is 12.1. The largest absolute Gasteiger partial charge is 0.352 e. The highest BCUT2D eigenvalue weighted by atomic mass is 19.1. The topological polar surface area (TPSA) is 41.1 Å². The summed E-state index contributed by atoms with van der Waals surface area (Å²) in [6.07, 6.45) is 2.63. The van der Waals surface area contributed by atoms with Gasteiger partial charge in [0.25, 0.3) is 0 Å². The molecule has 2 aliphatic rings. The molecular weight excluding hydrogens is 262 g/mol. The highest BCUT2D eigenvalue weighted by Gasteiger charge is 2.45. The maximum Gasteiger partial charge on any atom is 0.224 e. The Bertz CT molecular complexity index is 515. The van der Waals surface area contributed by atoms with E-state index in [1.165, 1.54) is 6.07 Å². The highest BCUT2D eigenvalue weighted by molar-refractivity contribution is 5.83.